The van der Waals surface area contributed by atoms with Gasteiger partial charge in [0.1, 0.15) is 0 Å². The third-order valence-corrected chi connectivity index (χ3v) is 3.85. The van der Waals surface area contributed by atoms with Gasteiger partial charge in [0.25, 0.3) is 0 Å². The normalized spacial score (nSPS) is 7.31. The van der Waals surface area contributed by atoms with Gasteiger partial charge in [0.05, 0.1) is 0 Å². The first-order valence-corrected chi connectivity index (χ1v) is 20.5. The van der Waals surface area contributed by atoms with Gasteiger partial charge in [-0.15, -0.1) is 0 Å². The van der Waals surface area contributed by atoms with Crippen molar-refractivity contribution in [3.63, 3.8) is 0 Å². The molecule has 12 nitrogen and oxygen atoms in total. The minimum atomic E-state index is 0. The van der Waals surface area contributed by atoms with Crippen molar-refractivity contribution in [3.8, 4) is 0 Å². The number of hydrogen-bond donors (Lipinski definition) is 6. The molecule has 0 atom stereocenters. The van der Waals surface area contributed by atoms with Crippen molar-refractivity contribution in [3.05, 3.63) is 0 Å². The molecule has 0 aromatic rings. The first-order chi connectivity index (χ1) is 24.8. The molecule has 0 heterocycles. The van der Waals surface area contributed by atoms with Crippen LogP contribution in [0.2, 0.25) is 0 Å². The SMILES string of the molecule is CC(C)NC(=S)[S-].CC(C)NC(=S)[S-].CC(C)NC(=S)[S-].CC(C)NC(=S)[S-].CC(C)NC(=S)[S-].CC(C)NC(=S)[S-].O=S.O=S.O=S.O=S.O=S.O=S.[Mo]. The van der Waals surface area contributed by atoms with Gasteiger partial charge in [-0.25, -0.2) is 0 Å². The van der Waals surface area contributed by atoms with E-state index in [9.17, 15) is 0 Å². The Bertz CT molecular complexity index is 693. The summed E-state index contributed by atoms with van der Waals surface area (Å²) in [7, 11) is 0. The Hall–Kier alpha value is 1.47. The molecule has 0 spiro atoms. The molecule has 31 heteroatoms. The van der Waals surface area contributed by atoms with E-state index in [1.54, 1.807) is 0 Å². The Labute approximate surface area is 442 Å². The second-order valence-corrected chi connectivity index (χ2v) is 16.0. The van der Waals surface area contributed by atoms with E-state index in [1.807, 2.05) is 83.1 Å². The van der Waals surface area contributed by atoms with Crippen LogP contribution in [0.1, 0.15) is 83.1 Å². The molecule has 0 aliphatic carbocycles. The van der Waals surface area contributed by atoms with Crippen LogP contribution in [0, 0.1) is 0 Å². The molecule has 0 unspecified atom stereocenters. The van der Waals surface area contributed by atoms with Crippen LogP contribution in [-0.2, 0) is 172 Å². The number of hydrogen-bond acceptors (Lipinski definition) is 24. The zero-order chi connectivity index (χ0) is 47.2. The van der Waals surface area contributed by atoms with Crippen LogP contribution < -0.4 is 31.9 Å². The van der Waals surface area contributed by atoms with E-state index in [1.165, 1.54) is 0 Å². The van der Waals surface area contributed by atoms with Crippen LogP contribution in [0.25, 0.3) is 0 Å². The summed E-state index contributed by atoms with van der Waals surface area (Å²) >= 11 is 71.9. The summed E-state index contributed by atoms with van der Waals surface area (Å²) in [6, 6.07) is 2.28. The van der Waals surface area contributed by atoms with E-state index < -0.39 is 0 Å². The van der Waals surface area contributed by atoms with Crippen molar-refractivity contribution < 1.29 is 46.3 Å². The molecule has 6 N–H and O–H groups in total. The van der Waals surface area contributed by atoms with Gasteiger partial charge in [-0.2, -0.15) is 25.3 Å². The van der Waals surface area contributed by atoms with Crippen molar-refractivity contribution in [2.75, 3.05) is 0 Å². The minimum Gasteiger partial charge on any atom is -0.412 e. The van der Waals surface area contributed by atoms with Crippen molar-refractivity contribution in [2.24, 2.45) is 0 Å². The van der Waals surface area contributed by atoms with Crippen molar-refractivity contribution >= 4 is 250 Å². The maximum atomic E-state index is 7.83. The summed E-state index contributed by atoms with van der Waals surface area (Å²) in [6.45, 7) is 24.0. The second-order valence-electron chi connectivity index (χ2n) is 9.52. The molecule has 0 aliphatic heterocycles. The largest absolute Gasteiger partial charge is 0.412 e. The van der Waals surface area contributed by atoms with Crippen LogP contribution >= 0.6 is 73.3 Å². The second kappa shape index (κ2) is 87.1. The molecule has 55 heavy (non-hydrogen) atoms. The van der Waals surface area contributed by atoms with Crippen molar-refractivity contribution in [1.82, 2.24) is 31.9 Å². The molecular weight excluding hydrogens is 1140 g/mol. The standard InChI is InChI=1S/6C4H9NS2.Mo.6OS/c6*1-3(2)5-4(6)7;;6*1-2/h6*3H,1-2H3,(H2,5,6,7);;;;;;;/p-6. The molecule has 0 rings (SSSR count). The molecule has 0 fully saturated rings. The van der Waals surface area contributed by atoms with Gasteiger partial charge in [-0.3, -0.25) is 0 Å². The van der Waals surface area contributed by atoms with Gasteiger partial charge < -0.3 is 181 Å². The van der Waals surface area contributed by atoms with Gasteiger partial charge >= 0.3 is 0 Å². The van der Waals surface area contributed by atoms with Gasteiger partial charge in [-0.1, -0.05) is 25.9 Å². The monoisotopic (exact) mass is 1190 g/mol. The van der Waals surface area contributed by atoms with Crippen LogP contribution in [0.5, 0.6) is 0 Å². The van der Waals surface area contributed by atoms with Crippen LogP contribution in [0.15, 0.2) is 0 Å². The number of nitrogens with one attached hydrogen (secondary N) is 6. The minimum absolute atomic E-state index is 0. The van der Waals surface area contributed by atoms with E-state index in [0.717, 1.165) is 0 Å². The number of thiocarbonyl (C=S) groups is 6. The summed E-state index contributed by atoms with van der Waals surface area (Å²) in [6.07, 6.45) is 0. The Kier molecular flexibility index (Phi) is 146. The predicted octanol–water partition coefficient (Wildman–Crippen LogP) is 2.88. The molecule has 0 amide bonds. The Morgan fingerprint density at radius 2 is 0.327 bits per heavy atom. The third kappa shape index (κ3) is 244. The average molecular weight is 1190 g/mol. The van der Waals surface area contributed by atoms with Crippen LogP contribution in [0.4, 0.5) is 0 Å². The summed E-state index contributed by atoms with van der Waals surface area (Å²) in [5.41, 5.74) is 0. The van der Waals surface area contributed by atoms with Crippen LogP contribution in [0.3, 0.4) is 0 Å². The fraction of sp³-hybridized carbons (Fsp3) is 0.750. The zero-order valence-electron chi connectivity index (χ0n) is 31.7. The Morgan fingerprint density at radius 1 is 0.273 bits per heavy atom. The molecule has 0 aliphatic rings. The van der Waals surface area contributed by atoms with Crippen molar-refractivity contribution in [1.29, 1.82) is 0 Å². The van der Waals surface area contributed by atoms with E-state index >= 15 is 0 Å². The maximum absolute atomic E-state index is 7.83. The fourth-order valence-corrected chi connectivity index (χ4v) is 4.24. The quantitative estimate of drug-likeness (QED) is 0.130. The van der Waals surface area contributed by atoms with Gasteiger partial charge in [-0.05, 0) is 83.1 Å². The smallest absolute Gasteiger partial charge is 0.197 e. The fourth-order valence-electron chi connectivity index (χ4n) is 1.41. The average Bonchev–Trinajstić information content (AvgIpc) is 3.01. The van der Waals surface area contributed by atoms with Gasteiger partial charge in [0.15, 0.2) is 75.2 Å². The topological polar surface area (TPSA) is 175 Å². The summed E-state index contributed by atoms with van der Waals surface area (Å²) in [4.78, 5) is 0. The summed E-state index contributed by atoms with van der Waals surface area (Å²) < 4.78 is 49.7. The van der Waals surface area contributed by atoms with E-state index in [0.29, 0.717) is 62.2 Å². The molecule has 0 bridgehead atoms. The van der Waals surface area contributed by atoms with E-state index in [2.05, 4.69) is 256 Å². The molecule has 0 saturated heterocycles. The van der Waals surface area contributed by atoms with E-state index in [4.69, 9.17) is 25.3 Å². The molecule has 0 saturated carbocycles. The first-order valence-electron chi connectivity index (χ1n) is 13.6. The predicted molar refractivity (Wildman–Crippen MR) is 278 cm³/mol. The molecule has 0 radical (unpaired) electrons. The first kappa shape index (κ1) is 91.9. The zero-order valence-corrected chi connectivity index (χ0v) is 48.4. The summed E-state index contributed by atoms with van der Waals surface area (Å²) in [5.74, 6) is 0. The van der Waals surface area contributed by atoms with Gasteiger partial charge in [0.2, 0.25) is 0 Å². The van der Waals surface area contributed by atoms with Crippen molar-refractivity contribution in [2.45, 2.75) is 119 Å². The molecule has 330 valence electrons. The summed E-state index contributed by atoms with van der Waals surface area (Å²) in [5, 5.41) is 17.1. The van der Waals surface area contributed by atoms with E-state index in [-0.39, 0.29) is 21.1 Å². The third-order valence-electron chi connectivity index (χ3n) is 2.44. The maximum Gasteiger partial charge on any atom is 0.197 e. The Morgan fingerprint density at radius 3 is 0.327 bits per heavy atom. The number of rotatable bonds is 6. The van der Waals surface area contributed by atoms with Crippen LogP contribution in [-0.4, -0.2) is 87.4 Å². The Balaban J connectivity index is -0.0000000330. The molecule has 0 aromatic heterocycles. The van der Waals surface area contributed by atoms with Gasteiger partial charge in [0, 0.05) is 57.3 Å². The molecular formula is C24H48MoN6O6S18-6. The molecule has 0 aromatic carbocycles.